The van der Waals surface area contributed by atoms with Crippen LogP contribution in [-0.4, -0.2) is 24.7 Å². The lowest BCUT2D eigenvalue weighted by Crippen LogP contribution is -2.26. The van der Waals surface area contributed by atoms with Gasteiger partial charge in [0.2, 0.25) is 0 Å². The molecule has 118 valence electrons. The normalized spacial score (nSPS) is 21.0. The van der Waals surface area contributed by atoms with Crippen LogP contribution < -0.4 is 5.32 Å². The predicted octanol–water partition coefficient (Wildman–Crippen LogP) is 3.35. The lowest BCUT2D eigenvalue weighted by molar-refractivity contribution is -0.0393. The molecule has 2 fully saturated rings. The Bertz CT molecular complexity index is 465. The first-order valence-electron chi connectivity index (χ1n) is 8.13. The monoisotopic (exact) mass is 310 g/mol. The van der Waals surface area contributed by atoms with Crippen LogP contribution in [0.3, 0.4) is 0 Å². The Hall–Kier alpha value is -0.490. The Kier molecular flexibility index (Phi) is 4.94. The van der Waals surface area contributed by atoms with Crippen molar-refractivity contribution >= 4 is 11.3 Å². The van der Waals surface area contributed by atoms with Crippen LogP contribution in [0.15, 0.2) is 0 Å². The van der Waals surface area contributed by atoms with Gasteiger partial charge in [0.25, 0.3) is 0 Å². The quantitative estimate of drug-likeness (QED) is 0.799. The molecule has 21 heavy (non-hydrogen) atoms. The van der Waals surface area contributed by atoms with Gasteiger partial charge in [0.1, 0.15) is 10.6 Å². The number of nitrogens with one attached hydrogen (secondary N) is 1. The van der Waals surface area contributed by atoms with Crippen molar-refractivity contribution < 1.29 is 9.47 Å². The van der Waals surface area contributed by atoms with Crippen LogP contribution >= 0.6 is 11.3 Å². The van der Waals surface area contributed by atoms with E-state index in [1.54, 1.807) is 7.11 Å². The van der Waals surface area contributed by atoms with E-state index in [2.05, 4.69) is 12.2 Å². The van der Waals surface area contributed by atoms with Crippen molar-refractivity contribution in [1.82, 2.24) is 10.3 Å². The molecular weight excluding hydrogens is 284 g/mol. The van der Waals surface area contributed by atoms with E-state index < -0.39 is 0 Å². The third-order valence-electron chi connectivity index (χ3n) is 4.41. The maximum atomic E-state index is 6.15. The predicted molar refractivity (Wildman–Crippen MR) is 84.5 cm³/mol. The van der Waals surface area contributed by atoms with E-state index in [9.17, 15) is 0 Å². The molecule has 0 spiro atoms. The summed E-state index contributed by atoms with van der Waals surface area (Å²) < 4.78 is 11.5. The first-order valence-corrected chi connectivity index (χ1v) is 8.94. The number of rotatable bonds is 8. The Labute approximate surface area is 131 Å². The van der Waals surface area contributed by atoms with Gasteiger partial charge in [-0.25, -0.2) is 4.98 Å². The molecule has 1 aromatic rings. The van der Waals surface area contributed by atoms with E-state index in [0.717, 1.165) is 37.7 Å². The minimum atomic E-state index is -0.125. The molecule has 0 aliphatic heterocycles. The largest absolute Gasteiger partial charge is 0.378 e. The summed E-state index contributed by atoms with van der Waals surface area (Å²) in [5, 5.41) is 4.76. The Morgan fingerprint density at radius 1 is 1.33 bits per heavy atom. The molecule has 1 heterocycles. The van der Waals surface area contributed by atoms with E-state index in [4.69, 9.17) is 14.5 Å². The molecule has 0 unspecified atom stereocenters. The number of ether oxygens (including phenoxy) is 2. The second-order valence-electron chi connectivity index (χ2n) is 6.11. The SMILES string of the molecule is CCOC1(c2nc(COC)c(CNC3CC3)s2)CCCC1. The Morgan fingerprint density at radius 3 is 2.71 bits per heavy atom. The summed E-state index contributed by atoms with van der Waals surface area (Å²) in [6, 6.07) is 0.721. The minimum absolute atomic E-state index is 0.125. The van der Waals surface area contributed by atoms with Gasteiger partial charge in [-0.2, -0.15) is 0 Å². The molecular formula is C16H26N2O2S. The van der Waals surface area contributed by atoms with E-state index >= 15 is 0 Å². The highest BCUT2D eigenvalue weighted by molar-refractivity contribution is 7.11. The molecule has 5 heteroatoms. The summed E-state index contributed by atoms with van der Waals surface area (Å²) in [7, 11) is 1.74. The smallest absolute Gasteiger partial charge is 0.125 e. The van der Waals surface area contributed by atoms with Crippen LogP contribution in [0.1, 0.15) is 61.0 Å². The molecule has 3 rings (SSSR count). The number of hydrogen-bond donors (Lipinski definition) is 1. The fourth-order valence-electron chi connectivity index (χ4n) is 3.13. The molecule has 0 saturated heterocycles. The standard InChI is InChI=1S/C16H26N2O2S/c1-3-20-16(8-4-5-9-16)15-18-13(11-19-2)14(21-15)10-17-12-6-7-12/h12,17H,3-11H2,1-2H3. The molecule has 1 aromatic heterocycles. The van der Waals surface area contributed by atoms with Crippen LogP contribution in [0.25, 0.3) is 0 Å². The van der Waals surface area contributed by atoms with Crippen molar-refractivity contribution in [1.29, 1.82) is 0 Å². The van der Waals surface area contributed by atoms with Crippen LogP contribution in [-0.2, 0) is 28.2 Å². The van der Waals surface area contributed by atoms with Gasteiger partial charge in [0.15, 0.2) is 0 Å². The number of nitrogens with zero attached hydrogens (tertiary/aromatic N) is 1. The van der Waals surface area contributed by atoms with Crippen LogP contribution in [0.2, 0.25) is 0 Å². The van der Waals surface area contributed by atoms with E-state index in [1.807, 2.05) is 11.3 Å². The van der Waals surface area contributed by atoms with Crippen molar-refractivity contribution in [3.63, 3.8) is 0 Å². The van der Waals surface area contributed by atoms with Crippen LogP contribution in [0, 0.1) is 0 Å². The fourth-order valence-corrected chi connectivity index (χ4v) is 4.35. The molecule has 2 aliphatic carbocycles. The van der Waals surface area contributed by atoms with Crippen molar-refractivity contribution in [2.45, 2.75) is 70.2 Å². The summed E-state index contributed by atoms with van der Waals surface area (Å²) in [5.74, 6) is 0. The minimum Gasteiger partial charge on any atom is -0.378 e. The average Bonchev–Trinajstić information content (AvgIpc) is 3.03. The molecule has 1 N–H and O–H groups in total. The maximum absolute atomic E-state index is 6.15. The van der Waals surface area contributed by atoms with Gasteiger partial charge in [0, 0.05) is 31.2 Å². The molecule has 4 nitrogen and oxygen atoms in total. The lowest BCUT2D eigenvalue weighted by Gasteiger charge is -2.26. The highest BCUT2D eigenvalue weighted by Crippen LogP contribution is 2.44. The van der Waals surface area contributed by atoms with Gasteiger partial charge < -0.3 is 14.8 Å². The Morgan fingerprint density at radius 2 is 2.10 bits per heavy atom. The summed E-state index contributed by atoms with van der Waals surface area (Å²) in [6.45, 7) is 4.36. The zero-order valence-corrected chi connectivity index (χ0v) is 13.9. The van der Waals surface area contributed by atoms with Crippen molar-refractivity contribution in [2.75, 3.05) is 13.7 Å². The molecule has 2 aliphatic rings. The molecule has 0 amide bonds. The summed E-state index contributed by atoms with van der Waals surface area (Å²) in [6.07, 6.45) is 7.33. The second-order valence-corrected chi connectivity index (χ2v) is 7.20. The summed E-state index contributed by atoms with van der Waals surface area (Å²) in [4.78, 5) is 6.22. The van der Waals surface area contributed by atoms with Crippen molar-refractivity contribution in [2.24, 2.45) is 0 Å². The number of methoxy groups -OCH3 is 1. The molecule has 2 saturated carbocycles. The van der Waals surface area contributed by atoms with E-state index in [0.29, 0.717) is 6.61 Å². The van der Waals surface area contributed by atoms with Gasteiger partial charge in [-0.15, -0.1) is 11.3 Å². The molecule has 0 atom stereocenters. The van der Waals surface area contributed by atoms with Crippen LogP contribution in [0.5, 0.6) is 0 Å². The number of hydrogen-bond acceptors (Lipinski definition) is 5. The lowest BCUT2D eigenvalue weighted by atomic mass is 10.0. The highest BCUT2D eigenvalue weighted by atomic mass is 32.1. The first kappa shape index (κ1) is 15.4. The third kappa shape index (κ3) is 3.47. The van der Waals surface area contributed by atoms with E-state index in [-0.39, 0.29) is 5.60 Å². The van der Waals surface area contributed by atoms with Gasteiger partial charge in [0.05, 0.1) is 12.3 Å². The zero-order chi connectivity index (χ0) is 14.7. The molecule has 0 bridgehead atoms. The van der Waals surface area contributed by atoms with Crippen molar-refractivity contribution in [3.05, 3.63) is 15.6 Å². The van der Waals surface area contributed by atoms with Crippen LogP contribution in [0.4, 0.5) is 0 Å². The number of thiazole rings is 1. The third-order valence-corrected chi connectivity index (χ3v) is 5.69. The zero-order valence-electron chi connectivity index (χ0n) is 13.1. The number of aromatic nitrogens is 1. The summed E-state index contributed by atoms with van der Waals surface area (Å²) >= 11 is 1.83. The van der Waals surface area contributed by atoms with Gasteiger partial charge in [-0.05, 0) is 32.6 Å². The van der Waals surface area contributed by atoms with Gasteiger partial charge in [-0.3, -0.25) is 0 Å². The van der Waals surface area contributed by atoms with Gasteiger partial charge >= 0.3 is 0 Å². The second kappa shape index (κ2) is 6.73. The fraction of sp³-hybridized carbons (Fsp3) is 0.812. The molecule has 0 radical (unpaired) electrons. The van der Waals surface area contributed by atoms with Gasteiger partial charge in [-0.1, -0.05) is 12.8 Å². The van der Waals surface area contributed by atoms with Crippen molar-refractivity contribution in [3.8, 4) is 0 Å². The highest BCUT2D eigenvalue weighted by Gasteiger charge is 2.39. The first-order chi connectivity index (χ1) is 10.3. The summed E-state index contributed by atoms with van der Waals surface area (Å²) in [5.41, 5.74) is 0.969. The Balaban J connectivity index is 1.81. The van der Waals surface area contributed by atoms with E-state index in [1.165, 1.54) is 35.6 Å². The average molecular weight is 310 g/mol. The topological polar surface area (TPSA) is 43.4 Å². The maximum Gasteiger partial charge on any atom is 0.125 e. The molecule has 0 aromatic carbocycles.